The number of likely N-dealkylation sites (N-methyl/N-ethyl adjacent to an activating group) is 1. The number of benzene rings is 3. The molecule has 33 heavy (non-hydrogen) atoms. The van der Waals surface area contributed by atoms with Crippen LogP contribution in [0.1, 0.15) is 16.7 Å². The van der Waals surface area contributed by atoms with Crippen LogP contribution in [0.5, 0.6) is 11.5 Å². The van der Waals surface area contributed by atoms with Crippen molar-refractivity contribution in [1.82, 2.24) is 10.2 Å². The molecule has 0 saturated heterocycles. The number of methoxy groups -OCH3 is 1. The Kier molecular flexibility index (Phi) is 8.47. The van der Waals surface area contributed by atoms with Crippen molar-refractivity contribution >= 4 is 11.8 Å². The number of nitrogens with one attached hydrogen (secondary N) is 1. The lowest BCUT2D eigenvalue weighted by Crippen LogP contribution is -2.51. The van der Waals surface area contributed by atoms with Crippen LogP contribution in [0.4, 0.5) is 0 Å². The van der Waals surface area contributed by atoms with Gasteiger partial charge in [-0.05, 0) is 35.7 Å². The Morgan fingerprint density at radius 1 is 0.909 bits per heavy atom. The standard InChI is InChI=1S/C27H30N2O4/c1-20-11-7-8-14-22(20)18-29(23(27(31)28-2)17-21-12-5-4-6-13-21)26(30)19-33-25-16-10-9-15-24(25)32-3/h4-16,23H,17-19H2,1-3H3,(H,28,31)/t23-/m0/s1. The van der Waals surface area contributed by atoms with Gasteiger partial charge in [-0.15, -0.1) is 0 Å². The second kappa shape index (κ2) is 11.7. The van der Waals surface area contributed by atoms with Crippen LogP contribution in [-0.4, -0.2) is 43.5 Å². The molecule has 3 aromatic carbocycles. The Morgan fingerprint density at radius 3 is 2.21 bits per heavy atom. The second-order valence-corrected chi connectivity index (χ2v) is 7.71. The zero-order valence-corrected chi connectivity index (χ0v) is 19.3. The van der Waals surface area contributed by atoms with Crippen molar-refractivity contribution in [2.45, 2.75) is 25.9 Å². The van der Waals surface area contributed by atoms with E-state index in [4.69, 9.17) is 9.47 Å². The molecular weight excluding hydrogens is 416 g/mol. The first kappa shape index (κ1) is 23.9. The monoisotopic (exact) mass is 446 g/mol. The maximum atomic E-state index is 13.5. The van der Waals surface area contributed by atoms with E-state index in [1.807, 2.05) is 73.7 Å². The Hall–Kier alpha value is -3.80. The van der Waals surface area contributed by atoms with Crippen LogP contribution >= 0.6 is 0 Å². The molecule has 6 heteroatoms. The molecule has 3 aromatic rings. The van der Waals surface area contributed by atoms with Gasteiger partial charge in [0.1, 0.15) is 6.04 Å². The van der Waals surface area contributed by atoms with Crippen molar-refractivity contribution in [2.75, 3.05) is 20.8 Å². The number of ether oxygens (including phenoxy) is 2. The second-order valence-electron chi connectivity index (χ2n) is 7.71. The molecule has 0 aliphatic rings. The number of nitrogens with zero attached hydrogens (tertiary/aromatic N) is 1. The van der Waals surface area contributed by atoms with E-state index in [1.54, 1.807) is 31.2 Å². The maximum absolute atomic E-state index is 13.5. The number of carbonyl (C=O) groups excluding carboxylic acids is 2. The molecule has 0 fully saturated rings. The average Bonchev–Trinajstić information content (AvgIpc) is 2.86. The summed E-state index contributed by atoms with van der Waals surface area (Å²) in [5.41, 5.74) is 3.00. The van der Waals surface area contributed by atoms with Crippen LogP contribution in [0, 0.1) is 6.92 Å². The number of para-hydroxylation sites is 2. The minimum Gasteiger partial charge on any atom is -0.493 e. The van der Waals surface area contributed by atoms with E-state index in [-0.39, 0.29) is 18.4 Å². The van der Waals surface area contributed by atoms with Crippen molar-refractivity contribution in [3.63, 3.8) is 0 Å². The Balaban J connectivity index is 1.90. The van der Waals surface area contributed by atoms with Gasteiger partial charge in [-0.25, -0.2) is 0 Å². The van der Waals surface area contributed by atoms with Crippen molar-refractivity contribution in [1.29, 1.82) is 0 Å². The highest BCUT2D eigenvalue weighted by Gasteiger charge is 2.30. The molecule has 0 unspecified atom stereocenters. The highest BCUT2D eigenvalue weighted by Crippen LogP contribution is 2.26. The van der Waals surface area contributed by atoms with Gasteiger partial charge in [0.15, 0.2) is 18.1 Å². The van der Waals surface area contributed by atoms with Gasteiger partial charge in [-0.3, -0.25) is 9.59 Å². The molecule has 2 amide bonds. The fraction of sp³-hybridized carbons (Fsp3) is 0.259. The van der Waals surface area contributed by atoms with Gasteiger partial charge in [0.2, 0.25) is 5.91 Å². The molecule has 3 rings (SSSR count). The third-order valence-corrected chi connectivity index (χ3v) is 5.54. The number of amides is 2. The van der Waals surface area contributed by atoms with Crippen LogP contribution in [0.3, 0.4) is 0 Å². The summed E-state index contributed by atoms with van der Waals surface area (Å²) in [6.07, 6.45) is 0.396. The fourth-order valence-corrected chi connectivity index (χ4v) is 3.65. The lowest BCUT2D eigenvalue weighted by atomic mass is 10.0. The third-order valence-electron chi connectivity index (χ3n) is 5.54. The Morgan fingerprint density at radius 2 is 1.55 bits per heavy atom. The van der Waals surface area contributed by atoms with Gasteiger partial charge >= 0.3 is 0 Å². The first-order valence-corrected chi connectivity index (χ1v) is 10.9. The molecule has 0 aromatic heterocycles. The van der Waals surface area contributed by atoms with E-state index < -0.39 is 6.04 Å². The molecule has 6 nitrogen and oxygen atoms in total. The predicted octanol–water partition coefficient (Wildman–Crippen LogP) is 3.77. The maximum Gasteiger partial charge on any atom is 0.261 e. The summed E-state index contributed by atoms with van der Waals surface area (Å²) in [6, 6.07) is 24.0. The van der Waals surface area contributed by atoms with Crippen LogP contribution in [0.15, 0.2) is 78.9 Å². The van der Waals surface area contributed by atoms with Crippen molar-refractivity contribution in [3.8, 4) is 11.5 Å². The van der Waals surface area contributed by atoms with Crippen molar-refractivity contribution in [3.05, 3.63) is 95.6 Å². The number of rotatable bonds is 10. The number of aryl methyl sites for hydroxylation is 1. The molecule has 0 radical (unpaired) electrons. The smallest absolute Gasteiger partial charge is 0.261 e. The lowest BCUT2D eigenvalue weighted by molar-refractivity contribution is -0.142. The zero-order chi connectivity index (χ0) is 23.6. The van der Waals surface area contributed by atoms with E-state index >= 15 is 0 Å². The van der Waals surface area contributed by atoms with E-state index in [2.05, 4.69) is 5.32 Å². The largest absolute Gasteiger partial charge is 0.493 e. The summed E-state index contributed by atoms with van der Waals surface area (Å²) in [5.74, 6) is 0.512. The quantitative estimate of drug-likeness (QED) is 0.515. The summed E-state index contributed by atoms with van der Waals surface area (Å²) >= 11 is 0. The van der Waals surface area contributed by atoms with Gasteiger partial charge in [-0.1, -0.05) is 66.7 Å². The molecule has 0 spiro atoms. The van der Waals surface area contributed by atoms with Crippen LogP contribution < -0.4 is 14.8 Å². The Bertz CT molecular complexity index is 1070. The molecule has 0 aliphatic carbocycles. The van der Waals surface area contributed by atoms with Crippen LogP contribution in [-0.2, 0) is 22.6 Å². The topological polar surface area (TPSA) is 67.9 Å². The first-order valence-electron chi connectivity index (χ1n) is 10.9. The van der Waals surface area contributed by atoms with Crippen LogP contribution in [0.25, 0.3) is 0 Å². The lowest BCUT2D eigenvalue weighted by Gasteiger charge is -2.31. The average molecular weight is 447 g/mol. The summed E-state index contributed by atoms with van der Waals surface area (Å²) < 4.78 is 11.1. The normalized spacial score (nSPS) is 11.4. The van der Waals surface area contributed by atoms with E-state index in [0.717, 1.165) is 16.7 Å². The van der Waals surface area contributed by atoms with Gasteiger partial charge in [0.05, 0.1) is 7.11 Å². The number of carbonyl (C=O) groups is 2. The summed E-state index contributed by atoms with van der Waals surface area (Å²) in [6.45, 7) is 2.08. The molecule has 0 bridgehead atoms. The summed E-state index contributed by atoms with van der Waals surface area (Å²) in [7, 11) is 3.14. The highest BCUT2D eigenvalue weighted by atomic mass is 16.5. The molecular formula is C27H30N2O4. The van der Waals surface area contributed by atoms with E-state index in [1.165, 1.54) is 0 Å². The molecule has 1 atom stereocenters. The molecule has 1 N–H and O–H groups in total. The minimum atomic E-state index is -0.689. The van der Waals surface area contributed by atoms with Crippen LogP contribution in [0.2, 0.25) is 0 Å². The highest BCUT2D eigenvalue weighted by molar-refractivity contribution is 5.88. The van der Waals surface area contributed by atoms with Crippen molar-refractivity contribution in [2.24, 2.45) is 0 Å². The van der Waals surface area contributed by atoms with Gasteiger partial charge in [-0.2, -0.15) is 0 Å². The number of hydrogen-bond donors (Lipinski definition) is 1. The minimum absolute atomic E-state index is 0.214. The zero-order valence-electron chi connectivity index (χ0n) is 19.3. The van der Waals surface area contributed by atoms with Gasteiger partial charge in [0, 0.05) is 20.0 Å². The van der Waals surface area contributed by atoms with E-state index in [0.29, 0.717) is 24.5 Å². The number of hydrogen-bond acceptors (Lipinski definition) is 4. The summed E-state index contributed by atoms with van der Waals surface area (Å²) in [5, 5.41) is 2.72. The third kappa shape index (κ3) is 6.35. The summed E-state index contributed by atoms with van der Waals surface area (Å²) in [4.78, 5) is 28.0. The predicted molar refractivity (Wildman–Crippen MR) is 128 cm³/mol. The first-order chi connectivity index (χ1) is 16.0. The molecule has 0 heterocycles. The molecule has 172 valence electrons. The van der Waals surface area contributed by atoms with Gasteiger partial charge < -0.3 is 19.7 Å². The van der Waals surface area contributed by atoms with Gasteiger partial charge in [0.25, 0.3) is 5.91 Å². The fourth-order valence-electron chi connectivity index (χ4n) is 3.65. The van der Waals surface area contributed by atoms with E-state index in [9.17, 15) is 9.59 Å². The molecule has 0 saturated carbocycles. The molecule has 0 aliphatic heterocycles. The Labute approximate surface area is 195 Å². The van der Waals surface area contributed by atoms with Crippen molar-refractivity contribution < 1.29 is 19.1 Å². The SMILES string of the molecule is CNC(=O)[C@H](Cc1ccccc1)N(Cc1ccccc1C)C(=O)COc1ccccc1OC.